The summed E-state index contributed by atoms with van der Waals surface area (Å²) in [6, 6.07) is 42.2. The molecule has 4 heteroatoms. The summed E-state index contributed by atoms with van der Waals surface area (Å²) in [6.45, 7) is 0. The molecule has 0 radical (unpaired) electrons. The third-order valence-electron chi connectivity index (χ3n) is 8.86. The van der Waals surface area contributed by atoms with Crippen molar-refractivity contribution in [1.29, 1.82) is 0 Å². The Morgan fingerprint density at radius 1 is 0.372 bits per heavy atom. The first-order valence-corrected chi connectivity index (χ1v) is 14.2. The number of ether oxygens (including phenoxy) is 1. The number of hydrogen-bond donors (Lipinski definition) is 0. The third-order valence-corrected chi connectivity index (χ3v) is 8.86. The summed E-state index contributed by atoms with van der Waals surface area (Å²) in [5.41, 5.74) is 12.3. The summed E-state index contributed by atoms with van der Waals surface area (Å²) in [5, 5.41) is 4.23. The number of hydrogen-bond acceptors (Lipinski definition) is 1. The molecule has 0 heterocycles. The van der Waals surface area contributed by atoms with Crippen molar-refractivity contribution in [2.45, 2.75) is 6.36 Å². The number of halogens is 3. The van der Waals surface area contributed by atoms with Crippen molar-refractivity contribution in [2.75, 3.05) is 0 Å². The van der Waals surface area contributed by atoms with Crippen LogP contribution >= 0.6 is 0 Å². The van der Waals surface area contributed by atoms with Crippen LogP contribution in [0.1, 0.15) is 0 Å². The van der Waals surface area contributed by atoms with Gasteiger partial charge in [-0.3, -0.25) is 0 Å². The van der Waals surface area contributed by atoms with E-state index >= 15 is 0 Å². The molecular weight excluding hydrogens is 541 g/mol. The molecule has 0 amide bonds. The van der Waals surface area contributed by atoms with E-state index in [9.17, 15) is 13.2 Å². The molecule has 1 nitrogen and oxygen atoms in total. The molecule has 0 fully saturated rings. The summed E-state index contributed by atoms with van der Waals surface area (Å²) < 4.78 is 45.4. The van der Waals surface area contributed by atoms with Gasteiger partial charge in [0.05, 0.1) is 0 Å². The van der Waals surface area contributed by atoms with Crippen LogP contribution in [0.15, 0.2) is 127 Å². The van der Waals surface area contributed by atoms with E-state index in [1.165, 1.54) is 34.4 Å². The van der Waals surface area contributed by atoms with Crippen LogP contribution in [0.2, 0.25) is 0 Å². The Hall–Kier alpha value is -5.35. The maximum absolute atomic E-state index is 13.6. The maximum atomic E-state index is 13.6. The minimum Gasteiger partial charge on any atom is -0.406 e. The van der Waals surface area contributed by atoms with E-state index < -0.39 is 6.36 Å². The third kappa shape index (κ3) is 3.53. The van der Waals surface area contributed by atoms with E-state index in [1.54, 1.807) is 0 Å². The SMILES string of the molecule is FC(F)(F)Oc1cc(-c2ccc3c4c(cccc24)-c2ccccc2-3)cc(-c2ccc3c4c(cccc24)-c2ccccc2-3)c1. The zero-order valence-electron chi connectivity index (χ0n) is 22.7. The van der Waals surface area contributed by atoms with Gasteiger partial charge in [0.2, 0.25) is 0 Å². The van der Waals surface area contributed by atoms with Crippen molar-refractivity contribution in [1.82, 2.24) is 0 Å². The standard InChI is InChI=1S/C39H21F3O/c40-39(41,42)43-24-20-22(25-15-17-35-29-9-3-1-7-27(29)33-13-5-11-31(25)37(33)35)19-23(21-24)26-16-18-36-30-10-4-2-8-28(30)34-14-6-12-32(26)38(34)36/h1-21H. The van der Waals surface area contributed by atoms with Crippen LogP contribution in [0.25, 0.3) is 88.3 Å². The average Bonchev–Trinajstić information content (AvgIpc) is 3.52. The maximum Gasteiger partial charge on any atom is 0.573 e. The molecule has 0 spiro atoms. The molecule has 2 aliphatic rings. The Bertz CT molecular complexity index is 2100. The van der Waals surface area contributed by atoms with Gasteiger partial charge in [0.25, 0.3) is 0 Å². The quantitative estimate of drug-likeness (QED) is 0.208. The summed E-state index contributed by atoms with van der Waals surface area (Å²) >= 11 is 0. The molecule has 2 aliphatic carbocycles. The first kappa shape index (κ1) is 24.3. The highest BCUT2D eigenvalue weighted by atomic mass is 19.4. The van der Waals surface area contributed by atoms with E-state index in [0.29, 0.717) is 11.1 Å². The van der Waals surface area contributed by atoms with E-state index in [-0.39, 0.29) is 5.75 Å². The first-order chi connectivity index (χ1) is 20.9. The number of alkyl halides is 3. The van der Waals surface area contributed by atoms with Crippen LogP contribution in [0.4, 0.5) is 13.2 Å². The van der Waals surface area contributed by atoms with Gasteiger partial charge in [-0.15, -0.1) is 13.2 Å². The highest BCUT2D eigenvalue weighted by Crippen LogP contribution is 2.51. The molecule has 7 aromatic carbocycles. The van der Waals surface area contributed by atoms with Gasteiger partial charge >= 0.3 is 6.36 Å². The van der Waals surface area contributed by atoms with Crippen LogP contribution in [0, 0.1) is 0 Å². The van der Waals surface area contributed by atoms with Crippen LogP contribution in [0.5, 0.6) is 5.75 Å². The number of benzene rings is 7. The van der Waals surface area contributed by atoms with Gasteiger partial charge in [-0.05, 0) is 107 Å². The van der Waals surface area contributed by atoms with Crippen LogP contribution in [0.3, 0.4) is 0 Å². The first-order valence-electron chi connectivity index (χ1n) is 14.2. The smallest absolute Gasteiger partial charge is 0.406 e. The van der Waals surface area contributed by atoms with Crippen LogP contribution in [-0.2, 0) is 0 Å². The zero-order valence-corrected chi connectivity index (χ0v) is 22.7. The highest BCUT2D eigenvalue weighted by Gasteiger charge is 2.32. The van der Waals surface area contributed by atoms with Crippen molar-refractivity contribution in [3.63, 3.8) is 0 Å². The Labute approximate surface area is 245 Å². The molecule has 43 heavy (non-hydrogen) atoms. The van der Waals surface area contributed by atoms with Crippen LogP contribution in [-0.4, -0.2) is 6.36 Å². The monoisotopic (exact) mass is 562 g/mol. The summed E-state index contributed by atoms with van der Waals surface area (Å²) in [6.07, 6.45) is -4.82. The second kappa shape index (κ2) is 8.59. The van der Waals surface area contributed by atoms with E-state index in [0.717, 1.165) is 54.9 Å². The fraction of sp³-hybridized carbons (Fsp3) is 0.0256. The van der Waals surface area contributed by atoms with Gasteiger partial charge in [0, 0.05) is 0 Å². The second-order valence-electron chi connectivity index (χ2n) is 11.2. The molecule has 9 rings (SSSR count). The number of fused-ring (bicyclic) bond motifs is 6. The Morgan fingerprint density at radius 3 is 1.16 bits per heavy atom. The minimum absolute atomic E-state index is 0.238. The number of rotatable bonds is 3. The lowest BCUT2D eigenvalue weighted by molar-refractivity contribution is -0.274. The molecule has 0 bridgehead atoms. The van der Waals surface area contributed by atoms with E-state index in [1.807, 2.05) is 54.6 Å². The van der Waals surface area contributed by atoms with Gasteiger partial charge in [0.15, 0.2) is 0 Å². The lowest BCUT2D eigenvalue weighted by atomic mass is 9.90. The lowest BCUT2D eigenvalue weighted by Gasteiger charge is -2.16. The van der Waals surface area contributed by atoms with Gasteiger partial charge in [-0.2, -0.15) is 0 Å². The normalized spacial score (nSPS) is 12.5. The molecule has 0 unspecified atom stereocenters. The fourth-order valence-electron chi connectivity index (χ4n) is 7.22. The predicted octanol–water partition coefficient (Wildman–Crippen LogP) is 11.5. The van der Waals surface area contributed by atoms with Crippen molar-refractivity contribution >= 4 is 21.5 Å². The van der Waals surface area contributed by atoms with E-state index in [2.05, 4.69) is 65.4 Å². The van der Waals surface area contributed by atoms with Crippen molar-refractivity contribution in [3.05, 3.63) is 127 Å². The Morgan fingerprint density at radius 2 is 0.744 bits per heavy atom. The molecule has 0 saturated carbocycles. The molecule has 0 N–H and O–H groups in total. The highest BCUT2D eigenvalue weighted by molar-refractivity contribution is 6.20. The molecule has 0 aromatic heterocycles. The lowest BCUT2D eigenvalue weighted by Crippen LogP contribution is -2.17. The predicted molar refractivity (Wildman–Crippen MR) is 168 cm³/mol. The summed E-state index contributed by atoms with van der Waals surface area (Å²) in [7, 11) is 0. The largest absolute Gasteiger partial charge is 0.573 e. The van der Waals surface area contributed by atoms with Gasteiger partial charge in [-0.1, -0.05) is 109 Å². The second-order valence-corrected chi connectivity index (χ2v) is 11.2. The van der Waals surface area contributed by atoms with Crippen molar-refractivity contribution < 1.29 is 17.9 Å². The molecule has 204 valence electrons. The van der Waals surface area contributed by atoms with Gasteiger partial charge < -0.3 is 4.74 Å². The molecule has 0 aliphatic heterocycles. The Balaban J connectivity index is 1.29. The zero-order chi connectivity index (χ0) is 28.9. The van der Waals surface area contributed by atoms with Crippen molar-refractivity contribution in [3.8, 4) is 72.5 Å². The summed E-state index contributed by atoms with van der Waals surface area (Å²) in [5.74, 6) is -0.238. The molecule has 0 saturated heterocycles. The van der Waals surface area contributed by atoms with Crippen molar-refractivity contribution in [2.24, 2.45) is 0 Å². The topological polar surface area (TPSA) is 9.23 Å². The molecule has 7 aromatic rings. The minimum atomic E-state index is -4.82. The fourth-order valence-corrected chi connectivity index (χ4v) is 7.22. The average molecular weight is 563 g/mol. The molecular formula is C39H21F3O. The van der Waals surface area contributed by atoms with Gasteiger partial charge in [0.1, 0.15) is 5.75 Å². The Kier molecular flexibility index (Phi) is 4.85. The van der Waals surface area contributed by atoms with Gasteiger partial charge in [-0.25, -0.2) is 0 Å². The molecule has 0 atom stereocenters. The summed E-state index contributed by atoms with van der Waals surface area (Å²) in [4.78, 5) is 0. The van der Waals surface area contributed by atoms with E-state index in [4.69, 9.17) is 0 Å². The van der Waals surface area contributed by atoms with Crippen LogP contribution < -0.4 is 4.74 Å².